The number of carboxylic acids is 1. The Bertz CT molecular complexity index is 1240. The quantitative estimate of drug-likeness (QED) is 0.436. The van der Waals surface area contributed by atoms with Gasteiger partial charge in [-0.05, 0) is 42.0 Å². The molecule has 1 saturated carbocycles. The maximum atomic E-state index is 14.0. The van der Waals surface area contributed by atoms with Crippen LogP contribution in [0.1, 0.15) is 59.6 Å². The van der Waals surface area contributed by atoms with Crippen molar-refractivity contribution >= 4 is 11.9 Å². The van der Waals surface area contributed by atoms with Crippen LogP contribution in [0.3, 0.4) is 0 Å². The average Bonchev–Trinajstić information content (AvgIpc) is 3.44. The lowest BCUT2D eigenvalue weighted by atomic mass is 9.90. The molecule has 0 unspecified atom stereocenters. The van der Waals surface area contributed by atoms with Crippen LogP contribution in [0.25, 0.3) is 0 Å². The van der Waals surface area contributed by atoms with Crippen molar-refractivity contribution in [3.8, 4) is 5.75 Å². The van der Waals surface area contributed by atoms with Gasteiger partial charge in [0.25, 0.3) is 5.91 Å². The van der Waals surface area contributed by atoms with Crippen molar-refractivity contribution in [2.45, 2.75) is 70.4 Å². The van der Waals surface area contributed by atoms with Gasteiger partial charge in [-0.3, -0.25) is 4.79 Å². The lowest BCUT2D eigenvalue weighted by Gasteiger charge is -2.38. The van der Waals surface area contributed by atoms with Gasteiger partial charge in [0.1, 0.15) is 18.4 Å². The van der Waals surface area contributed by atoms with Crippen molar-refractivity contribution in [3.63, 3.8) is 0 Å². The zero-order valence-corrected chi connectivity index (χ0v) is 21.1. The van der Waals surface area contributed by atoms with Crippen molar-refractivity contribution < 1.29 is 24.2 Å². The van der Waals surface area contributed by atoms with Gasteiger partial charge in [-0.1, -0.05) is 85.6 Å². The Labute approximate surface area is 217 Å². The molecule has 1 fully saturated rings. The number of hydrogen-bond acceptors (Lipinski definition) is 4. The molecule has 0 aromatic heterocycles. The number of carboxylic acid groups (broad SMARTS) is 1. The van der Waals surface area contributed by atoms with Crippen LogP contribution in [0.4, 0.5) is 0 Å². The van der Waals surface area contributed by atoms with E-state index >= 15 is 0 Å². The molecule has 37 heavy (non-hydrogen) atoms. The summed E-state index contributed by atoms with van der Waals surface area (Å²) in [4.78, 5) is 27.9. The Morgan fingerprint density at radius 1 is 0.973 bits per heavy atom. The summed E-state index contributed by atoms with van der Waals surface area (Å²) in [6.07, 6.45) is 3.38. The zero-order valence-electron chi connectivity index (χ0n) is 21.1. The summed E-state index contributed by atoms with van der Waals surface area (Å²) in [6, 6.07) is 22.3. The highest BCUT2D eigenvalue weighted by Gasteiger charge is 2.40. The van der Waals surface area contributed by atoms with Crippen molar-refractivity contribution in [2.75, 3.05) is 0 Å². The van der Waals surface area contributed by atoms with E-state index in [-0.39, 0.29) is 25.0 Å². The van der Waals surface area contributed by atoms with Gasteiger partial charge in [-0.25, -0.2) is 4.79 Å². The molecule has 0 spiro atoms. The van der Waals surface area contributed by atoms with E-state index in [0.29, 0.717) is 12.4 Å². The van der Waals surface area contributed by atoms with Crippen LogP contribution in [0.5, 0.6) is 5.75 Å². The predicted octanol–water partition coefficient (Wildman–Crippen LogP) is 5.61. The van der Waals surface area contributed by atoms with E-state index in [1.807, 2.05) is 79.7 Å². The number of nitrogens with zero attached hydrogens (tertiary/aromatic N) is 1. The van der Waals surface area contributed by atoms with E-state index in [9.17, 15) is 14.7 Å². The SMILES string of the molecule is Cc1ccc2c(c1OCc1ccccc1)C[C@@H](C(=O)O)N(C(=O)[C@@H](OC1CCCC1)c1ccccc1)C2. The molecule has 1 amide bonds. The molecule has 0 saturated heterocycles. The fourth-order valence-electron chi connectivity index (χ4n) is 5.41. The minimum Gasteiger partial charge on any atom is -0.488 e. The topological polar surface area (TPSA) is 76.1 Å². The molecule has 5 rings (SSSR count). The van der Waals surface area contributed by atoms with E-state index in [4.69, 9.17) is 9.47 Å². The molecule has 1 aliphatic heterocycles. The first-order valence-electron chi connectivity index (χ1n) is 13.0. The third kappa shape index (κ3) is 5.54. The van der Waals surface area contributed by atoms with Gasteiger partial charge in [0.15, 0.2) is 6.10 Å². The summed E-state index contributed by atoms with van der Waals surface area (Å²) >= 11 is 0. The second-order valence-corrected chi connectivity index (χ2v) is 9.98. The molecular weight excluding hydrogens is 466 g/mol. The lowest BCUT2D eigenvalue weighted by Crippen LogP contribution is -2.50. The van der Waals surface area contributed by atoms with Crippen LogP contribution in [0, 0.1) is 6.92 Å². The number of aryl methyl sites for hydroxylation is 1. The fourth-order valence-corrected chi connectivity index (χ4v) is 5.41. The summed E-state index contributed by atoms with van der Waals surface area (Å²) in [7, 11) is 0. The predicted molar refractivity (Wildman–Crippen MR) is 140 cm³/mol. The van der Waals surface area contributed by atoms with Crippen molar-refractivity contribution in [1.29, 1.82) is 0 Å². The maximum absolute atomic E-state index is 14.0. The van der Waals surface area contributed by atoms with Gasteiger partial charge < -0.3 is 19.5 Å². The number of rotatable bonds is 8. The summed E-state index contributed by atoms with van der Waals surface area (Å²) in [5.74, 6) is -0.618. The van der Waals surface area contributed by atoms with E-state index < -0.39 is 18.1 Å². The Kier molecular flexibility index (Phi) is 7.56. The molecule has 1 heterocycles. The number of aliphatic carboxylic acids is 1. The van der Waals surface area contributed by atoms with E-state index in [0.717, 1.165) is 53.5 Å². The van der Waals surface area contributed by atoms with Crippen LogP contribution in [-0.2, 0) is 33.9 Å². The standard InChI is InChI=1S/C31H33NO5/c1-21-16-17-24-19-32(30(33)29(23-12-6-3-7-13-23)37-25-14-8-9-15-25)27(31(34)35)18-26(24)28(21)36-20-22-10-4-2-5-11-22/h2-7,10-13,16-17,25,27,29H,8-9,14-15,18-20H2,1H3,(H,34,35)/t27-,29-/m0/s1. The van der Waals surface area contributed by atoms with Crippen LogP contribution in [0.2, 0.25) is 0 Å². The van der Waals surface area contributed by atoms with Crippen molar-refractivity contribution in [2.24, 2.45) is 0 Å². The molecule has 2 atom stereocenters. The third-order valence-electron chi connectivity index (χ3n) is 7.42. The van der Waals surface area contributed by atoms with E-state index in [1.165, 1.54) is 4.90 Å². The second kappa shape index (κ2) is 11.2. The van der Waals surface area contributed by atoms with E-state index in [1.54, 1.807) is 0 Å². The molecule has 6 nitrogen and oxygen atoms in total. The first-order chi connectivity index (χ1) is 18.0. The van der Waals surface area contributed by atoms with Gasteiger partial charge in [-0.2, -0.15) is 0 Å². The van der Waals surface area contributed by atoms with Crippen LogP contribution >= 0.6 is 0 Å². The third-order valence-corrected chi connectivity index (χ3v) is 7.42. The first-order valence-corrected chi connectivity index (χ1v) is 13.0. The largest absolute Gasteiger partial charge is 0.488 e. The summed E-state index contributed by atoms with van der Waals surface area (Å²) < 4.78 is 12.6. The molecule has 3 aromatic carbocycles. The summed E-state index contributed by atoms with van der Waals surface area (Å²) in [5, 5.41) is 10.2. The molecule has 0 radical (unpaired) electrons. The first kappa shape index (κ1) is 25.0. The van der Waals surface area contributed by atoms with Gasteiger partial charge in [-0.15, -0.1) is 0 Å². The summed E-state index contributed by atoms with van der Waals surface area (Å²) in [5.41, 5.74) is 4.51. The minimum atomic E-state index is -1.03. The normalized spacial score (nSPS) is 18.3. The molecule has 192 valence electrons. The Morgan fingerprint density at radius 3 is 2.32 bits per heavy atom. The molecule has 3 aromatic rings. The lowest BCUT2D eigenvalue weighted by molar-refractivity contribution is -0.160. The number of ether oxygens (including phenoxy) is 2. The van der Waals surface area contributed by atoms with Crippen LogP contribution in [-0.4, -0.2) is 34.0 Å². The Balaban J connectivity index is 1.44. The highest BCUT2D eigenvalue weighted by molar-refractivity contribution is 5.88. The Hall–Kier alpha value is -3.64. The summed E-state index contributed by atoms with van der Waals surface area (Å²) in [6.45, 7) is 2.56. The number of carbonyl (C=O) groups is 2. The van der Waals surface area contributed by atoms with Crippen molar-refractivity contribution in [1.82, 2.24) is 4.90 Å². The van der Waals surface area contributed by atoms with Crippen LogP contribution < -0.4 is 4.74 Å². The number of hydrogen-bond donors (Lipinski definition) is 1. The molecule has 1 N–H and O–H groups in total. The second-order valence-electron chi connectivity index (χ2n) is 9.98. The van der Waals surface area contributed by atoms with Gasteiger partial charge in [0.2, 0.25) is 0 Å². The highest BCUT2D eigenvalue weighted by atomic mass is 16.5. The highest BCUT2D eigenvalue weighted by Crippen LogP contribution is 2.37. The number of carbonyl (C=O) groups excluding carboxylic acids is 1. The van der Waals surface area contributed by atoms with Gasteiger partial charge in [0.05, 0.1) is 6.10 Å². The molecule has 0 bridgehead atoms. The molecule has 2 aliphatic rings. The molecule has 6 heteroatoms. The van der Waals surface area contributed by atoms with E-state index in [2.05, 4.69) is 0 Å². The maximum Gasteiger partial charge on any atom is 0.326 e. The number of benzene rings is 3. The monoisotopic (exact) mass is 499 g/mol. The minimum absolute atomic E-state index is 0.00940. The van der Waals surface area contributed by atoms with Crippen molar-refractivity contribution in [3.05, 3.63) is 101 Å². The smallest absolute Gasteiger partial charge is 0.326 e. The zero-order chi connectivity index (χ0) is 25.8. The Morgan fingerprint density at radius 2 is 1.65 bits per heavy atom. The van der Waals surface area contributed by atoms with Gasteiger partial charge in [0, 0.05) is 18.5 Å². The molecule has 1 aliphatic carbocycles. The molecular formula is C31H33NO5. The average molecular weight is 500 g/mol. The number of amides is 1. The van der Waals surface area contributed by atoms with Gasteiger partial charge >= 0.3 is 5.97 Å². The number of fused-ring (bicyclic) bond motifs is 1. The fraction of sp³-hybridized carbons (Fsp3) is 0.355. The van der Waals surface area contributed by atoms with Crippen LogP contribution in [0.15, 0.2) is 72.8 Å².